The molecule has 0 unspecified atom stereocenters. The van der Waals surface area contributed by atoms with Crippen molar-refractivity contribution in [2.45, 2.75) is 31.1 Å². The molecule has 1 fully saturated rings. The van der Waals surface area contributed by atoms with Crippen molar-refractivity contribution in [3.05, 3.63) is 28.3 Å². The highest BCUT2D eigenvalue weighted by Gasteiger charge is 2.46. The van der Waals surface area contributed by atoms with Gasteiger partial charge in [0, 0.05) is 5.56 Å². The third kappa shape index (κ3) is 2.06. The van der Waals surface area contributed by atoms with Gasteiger partial charge in [-0.1, -0.05) is 24.4 Å². The van der Waals surface area contributed by atoms with Crippen LogP contribution >= 0.6 is 11.6 Å². The van der Waals surface area contributed by atoms with E-state index in [1.807, 2.05) is 0 Å². The van der Waals surface area contributed by atoms with Gasteiger partial charge in [-0.15, -0.1) is 0 Å². The van der Waals surface area contributed by atoms with Gasteiger partial charge in [-0.05, 0) is 18.9 Å². The number of methoxy groups -OCH3 is 1. The Morgan fingerprint density at radius 3 is 2.47 bits per heavy atom. The summed E-state index contributed by atoms with van der Waals surface area (Å²) in [5, 5.41) is 8.77. The van der Waals surface area contributed by atoms with Crippen molar-refractivity contribution in [3.8, 4) is 5.75 Å². The van der Waals surface area contributed by atoms with E-state index < -0.39 is 28.0 Å². The zero-order valence-corrected chi connectivity index (χ0v) is 11.1. The van der Waals surface area contributed by atoms with Crippen molar-refractivity contribution in [2.24, 2.45) is 0 Å². The molecule has 1 saturated carbocycles. The van der Waals surface area contributed by atoms with Crippen LogP contribution in [0, 0.1) is 11.6 Å². The van der Waals surface area contributed by atoms with Gasteiger partial charge < -0.3 is 9.84 Å². The Hall–Kier alpha value is -1.36. The van der Waals surface area contributed by atoms with Crippen LogP contribution < -0.4 is 4.74 Å². The SMILES string of the molecule is COc1c(C2(C(=O)O)CCCC2)cc(F)c(Cl)c1F. The molecule has 0 aliphatic heterocycles. The summed E-state index contributed by atoms with van der Waals surface area (Å²) in [5.41, 5.74) is -1.27. The molecule has 19 heavy (non-hydrogen) atoms. The minimum Gasteiger partial charge on any atom is -0.493 e. The van der Waals surface area contributed by atoms with E-state index >= 15 is 0 Å². The van der Waals surface area contributed by atoms with Gasteiger partial charge in [0.1, 0.15) is 10.8 Å². The summed E-state index contributed by atoms with van der Waals surface area (Å²) < 4.78 is 32.5. The van der Waals surface area contributed by atoms with Crippen molar-refractivity contribution in [1.29, 1.82) is 0 Å². The maximum absolute atomic E-state index is 13.9. The first kappa shape index (κ1) is 14.1. The van der Waals surface area contributed by atoms with Crippen molar-refractivity contribution in [2.75, 3.05) is 7.11 Å². The molecule has 1 aromatic rings. The van der Waals surface area contributed by atoms with E-state index in [1.165, 1.54) is 7.11 Å². The maximum Gasteiger partial charge on any atom is 0.314 e. The summed E-state index contributed by atoms with van der Waals surface area (Å²) in [7, 11) is 1.21. The lowest BCUT2D eigenvalue weighted by molar-refractivity contribution is -0.143. The van der Waals surface area contributed by atoms with Crippen LogP contribution in [0.3, 0.4) is 0 Å². The van der Waals surface area contributed by atoms with Crippen LogP contribution in [0.1, 0.15) is 31.2 Å². The van der Waals surface area contributed by atoms with Gasteiger partial charge in [-0.25, -0.2) is 8.78 Å². The van der Waals surface area contributed by atoms with Crippen LogP contribution in [0.4, 0.5) is 8.78 Å². The Balaban J connectivity index is 2.70. The second kappa shape index (κ2) is 4.96. The predicted molar refractivity (Wildman–Crippen MR) is 65.7 cm³/mol. The van der Waals surface area contributed by atoms with Crippen LogP contribution in [-0.4, -0.2) is 18.2 Å². The summed E-state index contributed by atoms with van der Waals surface area (Å²) in [6.45, 7) is 0. The van der Waals surface area contributed by atoms with E-state index in [4.69, 9.17) is 16.3 Å². The van der Waals surface area contributed by atoms with Crippen LogP contribution in [0.2, 0.25) is 5.02 Å². The average Bonchev–Trinajstić information content (AvgIpc) is 2.86. The molecule has 0 heterocycles. The Bertz CT molecular complexity index is 525. The molecule has 1 N–H and O–H groups in total. The third-order valence-corrected chi connectivity index (χ3v) is 4.05. The molecular weight excluding hydrogens is 278 g/mol. The molecule has 2 rings (SSSR count). The van der Waals surface area contributed by atoms with Gasteiger partial charge in [0.05, 0.1) is 12.5 Å². The number of hydrogen-bond acceptors (Lipinski definition) is 2. The lowest BCUT2D eigenvalue weighted by Crippen LogP contribution is -2.33. The Morgan fingerprint density at radius 1 is 1.42 bits per heavy atom. The number of carboxylic acids is 1. The first-order valence-electron chi connectivity index (χ1n) is 5.89. The van der Waals surface area contributed by atoms with Crippen LogP contribution in [0.15, 0.2) is 6.07 Å². The predicted octanol–water partition coefficient (Wildman–Crippen LogP) is 3.52. The molecule has 0 saturated heterocycles. The highest BCUT2D eigenvalue weighted by Crippen LogP contribution is 2.47. The first-order valence-corrected chi connectivity index (χ1v) is 6.27. The summed E-state index contributed by atoms with van der Waals surface area (Å²) >= 11 is 5.49. The number of rotatable bonds is 3. The molecule has 1 aliphatic carbocycles. The molecule has 0 bridgehead atoms. The Morgan fingerprint density at radius 2 is 2.00 bits per heavy atom. The van der Waals surface area contributed by atoms with Gasteiger partial charge >= 0.3 is 5.97 Å². The van der Waals surface area contributed by atoms with E-state index in [2.05, 4.69) is 0 Å². The fraction of sp³-hybridized carbons (Fsp3) is 0.462. The lowest BCUT2D eigenvalue weighted by atomic mass is 9.78. The minimum atomic E-state index is -1.29. The number of hydrogen-bond donors (Lipinski definition) is 1. The van der Waals surface area contributed by atoms with Crippen molar-refractivity contribution >= 4 is 17.6 Å². The Labute approximate surface area is 114 Å². The average molecular weight is 291 g/mol. The normalized spacial score (nSPS) is 17.5. The van der Waals surface area contributed by atoms with Crippen LogP contribution in [-0.2, 0) is 10.2 Å². The standard InChI is InChI=1S/C13H13ClF2O3/c1-19-11-7(6-8(15)9(14)10(11)16)13(12(17)18)4-2-3-5-13/h6H,2-5H2,1H3,(H,17,18). The van der Waals surface area contributed by atoms with E-state index in [9.17, 15) is 18.7 Å². The van der Waals surface area contributed by atoms with Crippen LogP contribution in [0.5, 0.6) is 5.75 Å². The van der Waals surface area contributed by atoms with Crippen LogP contribution in [0.25, 0.3) is 0 Å². The van der Waals surface area contributed by atoms with Gasteiger partial charge in [0.2, 0.25) is 0 Å². The Kier molecular flexibility index (Phi) is 3.67. The molecule has 3 nitrogen and oxygen atoms in total. The molecule has 104 valence electrons. The zero-order valence-electron chi connectivity index (χ0n) is 10.3. The van der Waals surface area contributed by atoms with E-state index in [0.717, 1.165) is 6.07 Å². The lowest BCUT2D eigenvalue weighted by Gasteiger charge is -2.26. The molecule has 0 aromatic heterocycles. The molecule has 1 aliphatic rings. The van der Waals surface area contributed by atoms with E-state index in [0.29, 0.717) is 25.7 Å². The number of carbonyl (C=O) groups is 1. The number of halogens is 3. The summed E-state index contributed by atoms with van der Waals surface area (Å²) in [5.74, 6) is -3.39. The van der Waals surface area contributed by atoms with Gasteiger partial charge in [0.15, 0.2) is 11.6 Å². The quantitative estimate of drug-likeness (QED) is 0.866. The van der Waals surface area contributed by atoms with Gasteiger partial charge in [0.25, 0.3) is 0 Å². The van der Waals surface area contributed by atoms with Gasteiger partial charge in [-0.3, -0.25) is 4.79 Å². The van der Waals surface area contributed by atoms with Crippen molar-refractivity contribution in [1.82, 2.24) is 0 Å². The highest BCUT2D eigenvalue weighted by molar-refractivity contribution is 6.31. The second-order valence-corrected chi connectivity index (χ2v) is 5.04. The molecule has 0 radical (unpaired) electrons. The fourth-order valence-electron chi connectivity index (χ4n) is 2.71. The largest absolute Gasteiger partial charge is 0.493 e. The number of carboxylic acid groups (broad SMARTS) is 1. The van der Waals surface area contributed by atoms with Gasteiger partial charge in [-0.2, -0.15) is 0 Å². The van der Waals surface area contributed by atoms with Crippen molar-refractivity contribution in [3.63, 3.8) is 0 Å². The molecule has 0 atom stereocenters. The van der Waals surface area contributed by atoms with E-state index in [1.54, 1.807) is 0 Å². The fourth-order valence-corrected chi connectivity index (χ4v) is 2.85. The van der Waals surface area contributed by atoms with E-state index in [-0.39, 0.29) is 11.3 Å². The topological polar surface area (TPSA) is 46.5 Å². The summed E-state index contributed by atoms with van der Waals surface area (Å²) in [6, 6.07) is 0.976. The number of ether oxygens (including phenoxy) is 1. The minimum absolute atomic E-state index is 0.0272. The monoisotopic (exact) mass is 290 g/mol. The molecule has 6 heteroatoms. The zero-order chi connectivity index (χ0) is 14.2. The third-order valence-electron chi connectivity index (χ3n) is 3.70. The maximum atomic E-state index is 13.9. The molecule has 1 aromatic carbocycles. The van der Waals surface area contributed by atoms with Crippen molar-refractivity contribution < 1.29 is 23.4 Å². The molecular formula is C13H13ClF2O3. The summed E-state index contributed by atoms with van der Waals surface area (Å²) in [6.07, 6.45) is 2.06. The number of benzene rings is 1. The highest BCUT2D eigenvalue weighted by atomic mass is 35.5. The molecule has 0 amide bonds. The second-order valence-electron chi connectivity index (χ2n) is 4.66. The number of aliphatic carboxylic acids is 1. The molecule has 0 spiro atoms. The summed E-state index contributed by atoms with van der Waals surface area (Å²) in [4.78, 5) is 11.6. The first-order chi connectivity index (χ1) is 8.94. The smallest absolute Gasteiger partial charge is 0.314 e.